The van der Waals surface area contributed by atoms with Gasteiger partial charge in [0.15, 0.2) is 11.0 Å². The summed E-state index contributed by atoms with van der Waals surface area (Å²) >= 11 is 1.72. The Kier molecular flexibility index (Phi) is 5.43. The molecule has 0 atom stereocenters. The molecule has 0 aliphatic carbocycles. The molecule has 0 unspecified atom stereocenters. The monoisotopic (exact) mass is 353 g/mol. The largest absolute Gasteiger partial charge is 0.497 e. The van der Waals surface area contributed by atoms with Crippen LogP contribution in [0, 0.1) is 13.8 Å². The van der Waals surface area contributed by atoms with Crippen molar-refractivity contribution in [3.8, 4) is 17.1 Å². The number of hydrogen-bond donors (Lipinski definition) is 0. The Morgan fingerprint density at radius 3 is 2.60 bits per heavy atom. The molecule has 0 radical (unpaired) electrons. The molecule has 0 fully saturated rings. The van der Waals surface area contributed by atoms with Gasteiger partial charge in [-0.3, -0.25) is 0 Å². The van der Waals surface area contributed by atoms with Crippen molar-refractivity contribution in [2.24, 2.45) is 0 Å². The lowest BCUT2D eigenvalue weighted by molar-refractivity contribution is 0.415. The SMILES string of the molecule is CCn1c(SCc2ccc(C)c(C)c2)nnc1-c1cccc(OC)c1. The summed E-state index contributed by atoms with van der Waals surface area (Å²) in [4.78, 5) is 0. The molecular formula is C20H23N3OS. The fourth-order valence-corrected chi connectivity index (χ4v) is 3.64. The van der Waals surface area contributed by atoms with Crippen LogP contribution in [0.1, 0.15) is 23.6 Å². The minimum Gasteiger partial charge on any atom is -0.497 e. The number of methoxy groups -OCH3 is 1. The zero-order chi connectivity index (χ0) is 17.8. The molecule has 0 amide bonds. The van der Waals surface area contributed by atoms with Crippen LogP contribution in [0.2, 0.25) is 0 Å². The highest BCUT2D eigenvalue weighted by Gasteiger charge is 2.14. The Balaban J connectivity index is 1.83. The smallest absolute Gasteiger partial charge is 0.191 e. The molecule has 0 spiro atoms. The second-order valence-electron chi connectivity index (χ2n) is 5.99. The number of thioether (sulfide) groups is 1. The van der Waals surface area contributed by atoms with Crippen molar-refractivity contribution in [1.82, 2.24) is 14.8 Å². The fraction of sp³-hybridized carbons (Fsp3) is 0.300. The van der Waals surface area contributed by atoms with Gasteiger partial charge < -0.3 is 9.30 Å². The van der Waals surface area contributed by atoms with E-state index >= 15 is 0 Å². The molecule has 0 saturated heterocycles. The van der Waals surface area contributed by atoms with E-state index in [0.717, 1.165) is 34.6 Å². The maximum absolute atomic E-state index is 5.32. The van der Waals surface area contributed by atoms with Crippen molar-refractivity contribution >= 4 is 11.8 Å². The Morgan fingerprint density at radius 1 is 1.04 bits per heavy atom. The molecule has 0 aliphatic rings. The summed E-state index contributed by atoms with van der Waals surface area (Å²) in [6, 6.07) is 14.6. The average molecular weight is 353 g/mol. The number of rotatable bonds is 6. The van der Waals surface area contributed by atoms with Gasteiger partial charge in [-0.05, 0) is 49.6 Å². The summed E-state index contributed by atoms with van der Waals surface area (Å²) in [7, 11) is 1.68. The van der Waals surface area contributed by atoms with Crippen LogP contribution >= 0.6 is 11.8 Å². The molecule has 3 aromatic rings. The lowest BCUT2D eigenvalue weighted by Gasteiger charge is -2.09. The molecule has 0 bridgehead atoms. The van der Waals surface area contributed by atoms with Crippen molar-refractivity contribution in [2.45, 2.75) is 38.2 Å². The highest BCUT2D eigenvalue weighted by Crippen LogP contribution is 2.28. The predicted molar refractivity (Wildman–Crippen MR) is 103 cm³/mol. The van der Waals surface area contributed by atoms with Crippen LogP contribution in [0.15, 0.2) is 47.6 Å². The van der Waals surface area contributed by atoms with Gasteiger partial charge in [0.25, 0.3) is 0 Å². The highest BCUT2D eigenvalue weighted by molar-refractivity contribution is 7.98. The van der Waals surface area contributed by atoms with Crippen molar-refractivity contribution < 1.29 is 4.74 Å². The molecule has 130 valence electrons. The van der Waals surface area contributed by atoms with Crippen LogP contribution < -0.4 is 4.74 Å². The first-order valence-corrected chi connectivity index (χ1v) is 9.37. The van der Waals surface area contributed by atoms with Gasteiger partial charge in [0.2, 0.25) is 0 Å². The van der Waals surface area contributed by atoms with Crippen LogP contribution in [0.4, 0.5) is 0 Å². The van der Waals surface area contributed by atoms with Crippen molar-refractivity contribution in [3.05, 3.63) is 59.2 Å². The summed E-state index contributed by atoms with van der Waals surface area (Å²) in [5, 5.41) is 9.77. The zero-order valence-corrected chi connectivity index (χ0v) is 15.9. The Bertz CT molecular complexity index is 873. The summed E-state index contributed by atoms with van der Waals surface area (Å²) in [5.41, 5.74) is 4.98. The van der Waals surface area contributed by atoms with Gasteiger partial charge in [-0.15, -0.1) is 10.2 Å². The molecule has 0 saturated carbocycles. The zero-order valence-electron chi connectivity index (χ0n) is 15.1. The first kappa shape index (κ1) is 17.5. The third-order valence-corrected chi connectivity index (χ3v) is 5.34. The number of ether oxygens (including phenoxy) is 1. The fourth-order valence-electron chi connectivity index (χ4n) is 2.70. The molecule has 0 aliphatic heterocycles. The van der Waals surface area contributed by atoms with Gasteiger partial charge >= 0.3 is 0 Å². The van der Waals surface area contributed by atoms with Crippen LogP contribution in [0.25, 0.3) is 11.4 Å². The van der Waals surface area contributed by atoms with E-state index in [1.54, 1.807) is 18.9 Å². The van der Waals surface area contributed by atoms with Crippen LogP contribution in [0.3, 0.4) is 0 Å². The third kappa shape index (κ3) is 3.87. The summed E-state index contributed by atoms with van der Waals surface area (Å²) in [6.45, 7) is 7.24. The van der Waals surface area contributed by atoms with E-state index in [2.05, 4.69) is 53.7 Å². The summed E-state index contributed by atoms with van der Waals surface area (Å²) in [5.74, 6) is 2.59. The van der Waals surface area contributed by atoms with Crippen molar-refractivity contribution in [3.63, 3.8) is 0 Å². The molecule has 2 aromatic carbocycles. The number of hydrogen-bond acceptors (Lipinski definition) is 4. The van der Waals surface area contributed by atoms with Gasteiger partial charge in [0.1, 0.15) is 5.75 Å². The topological polar surface area (TPSA) is 39.9 Å². The van der Waals surface area contributed by atoms with Crippen molar-refractivity contribution in [1.29, 1.82) is 0 Å². The highest BCUT2D eigenvalue weighted by atomic mass is 32.2. The third-order valence-electron chi connectivity index (χ3n) is 4.30. The summed E-state index contributed by atoms with van der Waals surface area (Å²) in [6.07, 6.45) is 0. The molecule has 1 heterocycles. The van der Waals surface area contributed by atoms with Gasteiger partial charge in [0, 0.05) is 17.9 Å². The van der Waals surface area contributed by atoms with Crippen LogP contribution in [-0.4, -0.2) is 21.9 Å². The Morgan fingerprint density at radius 2 is 1.88 bits per heavy atom. The van der Waals surface area contributed by atoms with Gasteiger partial charge in [-0.2, -0.15) is 0 Å². The molecule has 25 heavy (non-hydrogen) atoms. The second-order valence-corrected chi connectivity index (χ2v) is 6.93. The Hall–Kier alpha value is -2.27. The molecule has 3 rings (SSSR count). The van der Waals surface area contributed by atoms with Gasteiger partial charge in [0.05, 0.1) is 7.11 Å². The molecule has 4 nitrogen and oxygen atoms in total. The lowest BCUT2D eigenvalue weighted by atomic mass is 10.1. The molecule has 0 N–H and O–H groups in total. The molecule has 5 heteroatoms. The van der Waals surface area contributed by atoms with E-state index in [1.165, 1.54) is 16.7 Å². The van der Waals surface area contributed by atoms with E-state index < -0.39 is 0 Å². The summed E-state index contributed by atoms with van der Waals surface area (Å²) < 4.78 is 7.47. The lowest BCUT2D eigenvalue weighted by Crippen LogP contribution is -2.00. The first-order valence-electron chi connectivity index (χ1n) is 8.39. The Labute approximate surface area is 153 Å². The van der Waals surface area contributed by atoms with Gasteiger partial charge in [-0.1, -0.05) is 42.1 Å². The second kappa shape index (κ2) is 7.74. The normalized spacial score (nSPS) is 10.9. The number of nitrogens with zero attached hydrogens (tertiary/aromatic N) is 3. The average Bonchev–Trinajstić information content (AvgIpc) is 3.05. The van der Waals surface area contributed by atoms with E-state index in [-0.39, 0.29) is 0 Å². The molecule has 1 aromatic heterocycles. The van der Waals surface area contributed by atoms with Gasteiger partial charge in [-0.25, -0.2) is 0 Å². The van der Waals surface area contributed by atoms with Crippen LogP contribution in [-0.2, 0) is 12.3 Å². The molecular weight excluding hydrogens is 330 g/mol. The first-order chi connectivity index (χ1) is 12.1. The minimum atomic E-state index is 0.826. The maximum Gasteiger partial charge on any atom is 0.191 e. The van der Waals surface area contributed by atoms with Crippen molar-refractivity contribution in [2.75, 3.05) is 7.11 Å². The standard InChI is InChI=1S/C20H23N3OS/c1-5-23-19(17-7-6-8-18(12-17)24-4)21-22-20(23)25-13-16-10-9-14(2)15(3)11-16/h6-12H,5,13H2,1-4H3. The predicted octanol–water partition coefficient (Wildman–Crippen LogP) is 4.88. The minimum absolute atomic E-state index is 0.826. The van der Waals surface area contributed by atoms with E-state index in [0.29, 0.717) is 0 Å². The maximum atomic E-state index is 5.32. The van der Waals surface area contributed by atoms with E-state index in [4.69, 9.17) is 4.74 Å². The quantitative estimate of drug-likeness (QED) is 0.592. The van der Waals surface area contributed by atoms with E-state index in [9.17, 15) is 0 Å². The van der Waals surface area contributed by atoms with Crippen LogP contribution in [0.5, 0.6) is 5.75 Å². The number of aromatic nitrogens is 3. The number of aryl methyl sites for hydroxylation is 2. The number of benzene rings is 2. The van der Waals surface area contributed by atoms with E-state index in [1.807, 2.05) is 24.3 Å².